The van der Waals surface area contributed by atoms with Crippen molar-refractivity contribution in [2.75, 3.05) is 0 Å². The number of hydrogen-bond donors (Lipinski definition) is 0. The van der Waals surface area contributed by atoms with Crippen molar-refractivity contribution in [1.29, 1.82) is 0 Å². The molecule has 0 bridgehead atoms. The van der Waals surface area contributed by atoms with Gasteiger partial charge in [0.15, 0.2) is 10.3 Å². The Labute approximate surface area is 150 Å². The van der Waals surface area contributed by atoms with Gasteiger partial charge in [-0.15, -0.1) is 10.2 Å². The van der Waals surface area contributed by atoms with Crippen LogP contribution in [-0.2, 0) is 5.75 Å². The zero-order chi connectivity index (χ0) is 16.8. The highest BCUT2D eigenvalue weighted by Crippen LogP contribution is 2.29. The lowest BCUT2D eigenvalue weighted by molar-refractivity contribution is 0.841. The van der Waals surface area contributed by atoms with E-state index in [0.717, 1.165) is 28.2 Å². The summed E-state index contributed by atoms with van der Waals surface area (Å²) in [4.78, 5) is 8.51. The van der Waals surface area contributed by atoms with Crippen LogP contribution < -0.4 is 0 Å². The molecule has 5 nitrogen and oxygen atoms in total. The third-order valence-electron chi connectivity index (χ3n) is 3.47. The fourth-order valence-corrected chi connectivity index (χ4v) is 3.71. The summed E-state index contributed by atoms with van der Waals surface area (Å²) in [7, 11) is 0. The molecule has 1 atom stereocenters. The molecule has 0 saturated carbocycles. The van der Waals surface area contributed by atoms with Crippen LogP contribution in [0.5, 0.6) is 0 Å². The van der Waals surface area contributed by atoms with Gasteiger partial charge in [-0.2, -0.15) is 0 Å². The Bertz CT molecular complexity index is 761. The smallest absolute Gasteiger partial charge is 0.196 e. The van der Waals surface area contributed by atoms with Gasteiger partial charge in [0.1, 0.15) is 5.82 Å². The van der Waals surface area contributed by atoms with Crippen LogP contribution in [0.2, 0.25) is 0 Å². The van der Waals surface area contributed by atoms with Crippen LogP contribution in [0.3, 0.4) is 0 Å². The van der Waals surface area contributed by atoms with E-state index in [1.165, 1.54) is 0 Å². The summed E-state index contributed by atoms with van der Waals surface area (Å²) in [6.45, 7) is 4.39. The molecule has 124 valence electrons. The minimum absolute atomic E-state index is 0.495. The molecule has 7 heteroatoms. The number of aromatic nitrogens is 5. The standard InChI is InChI=1S/C17H19N5S2/c1-3-13(2)24-17-21-20-15(12-23-16-18-10-7-11-19-16)22(17)14-8-5-4-6-9-14/h4-11,13H,3,12H2,1-2H3/t13-/m0/s1. The lowest BCUT2D eigenvalue weighted by Gasteiger charge is -2.12. The Morgan fingerprint density at radius 3 is 2.50 bits per heavy atom. The van der Waals surface area contributed by atoms with E-state index in [0.29, 0.717) is 11.0 Å². The van der Waals surface area contributed by atoms with Gasteiger partial charge >= 0.3 is 0 Å². The van der Waals surface area contributed by atoms with E-state index < -0.39 is 0 Å². The molecule has 24 heavy (non-hydrogen) atoms. The lowest BCUT2D eigenvalue weighted by atomic mass is 10.3. The number of hydrogen-bond acceptors (Lipinski definition) is 6. The maximum atomic E-state index is 4.41. The van der Waals surface area contributed by atoms with Crippen molar-refractivity contribution in [3.05, 3.63) is 54.6 Å². The third-order valence-corrected chi connectivity index (χ3v) is 5.55. The van der Waals surface area contributed by atoms with E-state index in [-0.39, 0.29) is 0 Å². The molecule has 0 N–H and O–H groups in total. The second-order valence-corrected chi connectivity index (χ2v) is 7.57. The summed E-state index contributed by atoms with van der Waals surface area (Å²) in [6, 6.07) is 12.1. The fourth-order valence-electron chi connectivity index (χ4n) is 2.06. The summed E-state index contributed by atoms with van der Waals surface area (Å²) in [5.74, 6) is 1.58. The normalized spacial score (nSPS) is 12.2. The van der Waals surface area contributed by atoms with Crippen LogP contribution >= 0.6 is 23.5 Å². The van der Waals surface area contributed by atoms with Gasteiger partial charge in [0.2, 0.25) is 0 Å². The molecule has 0 amide bonds. The minimum atomic E-state index is 0.495. The van der Waals surface area contributed by atoms with Crippen LogP contribution in [-0.4, -0.2) is 30.0 Å². The van der Waals surface area contributed by atoms with Gasteiger partial charge in [-0.1, -0.05) is 55.6 Å². The molecule has 0 saturated heterocycles. The topological polar surface area (TPSA) is 56.5 Å². The quantitative estimate of drug-likeness (QED) is 0.466. The van der Waals surface area contributed by atoms with Crippen LogP contribution in [0.15, 0.2) is 59.1 Å². The second kappa shape index (κ2) is 8.30. The van der Waals surface area contributed by atoms with Gasteiger partial charge in [0, 0.05) is 23.3 Å². The monoisotopic (exact) mass is 357 g/mol. The average Bonchev–Trinajstić information content (AvgIpc) is 3.04. The van der Waals surface area contributed by atoms with Gasteiger partial charge in [-0.25, -0.2) is 9.97 Å². The van der Waals surface area contributed by atoms with Gasteiger partial charge in [-0.3, -0.25) is 4.57 Å². The van der Waals surface area contributed by atoms with E-state index in [9.17, 15) is 0 Å². The zero-order valence-electron chi connectivity index (χ0n) is 13.7. The Morgan fingerprint density at radius 1 is 1.04 bits per heavy atom. The summed E-state index contributed by atoms with van der Waals surface area (Å²) >= 11 is 3.32. The molecular weight excluding hydrogens is 338 g/mol. The Morgan fingerprint density at radius 2 is 1.79 bits per heavy atom. The molecule has 0 unspecified atom stereocenters. The van der Waals surface area contributed by atoms with Crippen molar-refractivity contribution in [3.63, 3.8) is 0 Å². The van der Waals surface area contributed by atoms with Crippen LogP contribution in [0.1, 0.15) is 26.1 Å². The van der Waals surface area contributed by atoms with Gasteiger partial charge < -0.3 is 0 Å². The van der Waals surface area contributed by atoms with Crippen molar-refractivity contribution >= 4 is 23.5 Å². The van der Waals surface area contributed by atoms with Gasteiger partial charge in [0.25, 0.3) is 0 Å². The Balaban J connectivity index is 1.88. The molecule has 0 aliphatic heterocycles. The van der Waals surface area contributed by atoms with Crippen molar-refractivity contribution in [2.45, 2.75) is 41.6 Å². The summed E-state index contributed by atoms with van der Waals surface area (Å²) in [6.07, 6.45) is 4.59. The predicted molar refractivity (Wildman–Crippen MR) is 98.6 cm³/mol. The number of nitrogens with zero attached hydrogens (tertiary/aromatic N) is 5. The Kier molecular flexibility index (Phi) is 5.87. The number of rotatable bonds is 7. The molecule has 2 aromatic heterocycles. The summed E-state index contributed by atoms with van der Waals surface area (Å²) < 4.78 is 2.13. The van der Waals surface area contributed by atoms with Crippen molar-refractivity contribution in [1.82, 2.24) is 24.7 Å². The Hall–Kier alpha value is -1.86. The third kappa shape index (κ3) is 4.15. The molecular formula is C17H19N5S2. The first kappa shape index (κ1) is 17.0. The van der Waals surface area contributed by atoms with Crippen LogP contribution in [0.25, 0.3) is 5.69 Å². The van der Waals surface area contributed by atoms with Gasteiger partial charge in [0.05, 0.1) is 5.75 Å². The molecule has 2 heterocycles. The zero-order valence-corrected chi connectivity index (χ0v) is 15.3. The second-order valence-electron chi connectivity index (χ2n) is 5.23. The molecule has 0 fully saturated rings. The summed E-state index contributed by atoms with van der Waals surface area (Å²) in [5, 5.41) is 11.0. The largest absolute Gasteiger partial charge is 0.273 e. The van der Waals surface area contributed by atoms with Crippen LogP contribution in [0, 0.1) is 0 Å². The van der Waals surface area contributed by atoms with E-state index >= 15 is 0 Å². The average molecular weight is 358 g/mol. The van der Waals surface area contributed by atoms with E-state index in [4.69, 9.17) is 0 Å². The maximum absolute atomic E-state index is 4.41. The fraction of sp³-hybridized carbons (Fsp3) is 0.294. The SMILES string of the molecule is CC[C@H](C)Sc1nnc(CSc2ncccn2)n1-c1ccccc1. The first-order chi connectivity index (χ1) is 11.8. The molecule has 3 aromatic rings. The van der Waals surface area contributed by atoms with E-state index in [1.54, 1.807) is 35.9 Å². The van der Waals surface area contributed by atoms with E-state index in [2.05, 4.69) is 50.7 Å². The highest BCUT2D eigenvalue weighted by molar-refractivity contribution is 7.99. The van der Waals surface area contributed by atoms with Crippen molar-refractivity contribution in [3.8, 4) is 5.69 Å². The highest BCUT2D eigenvalue weighted by atomic mass is 32.2. The molecule has 0 spiro atoms. The van der Waals surface area contributed by atoms with E-state index in [1.807, 2.05) is 24.3 Å². The molecule has 0 aliphatic rings. The number of para-hydroxylation sites is 1. The molecule has 3 rings (SSSR count). The van der Waals surface area contributed by atoms with Crippen molar-refractivity contribution < 1.29 is 0 Å². The first-order valence-electron chi connectivity index (χ1n) is 7.84. The first-order valence-corrected chi connectivity index (χ1v) is 9.70. The highest BCUT2D eigenvalue weighted by Gasteiger charge is 2.16. The molecule has 0 radical (unpaired) electrons. The van der Waals surface area contributed by atoms with Gasteiger partial charge in [-0.05, 0) is 24.6 Å². The lowest BCUT2D eigenvalue weighted by Crippen LogP contribution is -2.04. The summed E-state index contributed by atoms with van der Waals surface area (Å²) in [5.41, 5.74) is 1.08. The number of benzene rings is 1. The van der Waals surface area contributed by atoms with Crippen molar-refractivity contribution in [2.24, 2.45) is 0 Å². The minimum Gasteiger partial charge on any atom is -0.273 e. The number of thioether (sulfide) groups is 2. The van der Waals surface area contributed by atoms with Crippen LogP contribution in [0.4, 0.5) is 0 Å². The predicted octanol–water partition coefficient (Wildman–Crippen LogP) is 4.24. The molecule has 1 aromatic carbocycles. The maximum Gasteiger partial charge on any atom is 0.196 e. The molecule has 0 aliphatic carbocycles.